The fourth-order valence-corrected chi connectivity index (χ4v) is 3.20. The van der Waals surface area contributed by atoms with Crippen molar-refractivity contribution in [2.45, 2.75) is 19.8 Å². The van der Waals surface area contributed by atoms with E-state index < -0.39 is 0 Å². The Morgan fingerprint density at radius 2 is 1.71 bits per heavy atom. The summed E-state index contributed by atoms with van der Waals surface area (Å²) in [6.07, 6.45) is 2.10. The van der Waals surface area contributed by atoms with Gasteiger partial charge in [-0.1, -0.05) is 43.3 Å². The normalized spacial score (nSPS) is 15.3. The summed E-state index contributed by atoms with van der Waals surface area (Å²) >= 11 is 0. The van der Waals surface area contributed by atoms with Crippen LogP contribution < -0.4 is 15.8 Å². The first-order valence-corrected chi connectivity index (χ1v) is 7.86. The lowest BCUT2D eigenvalue weighted by Gasteiger charge is -2.21. The van der Waals surface area contributed by atoms with Crippen molar-refractivity contribution in [1.29, 1.82) is 0 Å². The molecule has 4 nitrogen and oxygen atoms in total. The molecule has 24 heavy (non-hydrogen) atoms. The van der Waals surface area contributed by atoms with Crippen LogP contribution >= 0.6 is 24.0 Å². The molecule has 0 fully saturated rings. The van der Waals surface area contributed by atoms with Crippen molar-refractivity contribution in [3.63, 3.8) is 0 Å². The zero-order valence-electron chi connectivity index (χ0n) is 14.1. The van der Waals surface area contributed by atoms with E-state index in [2.05, 4.69) is 41.5 Å². The van der Waals surface area contributed by atoms with Gasteiger partial charge in [0.25, 0.3) is 0 Å². The molecule has 0 spiro atoms. The Bertz CT molecular complexity index is 705. The molecule has 0 aliphatic heterocycles. The van der Waals surface area contributed by atoms with Gasteiger partial charge < -0.3 is 15.8 Å². The van der Waals surface area contributed by atoms with Gasteiger partial charge in [-0.15, -0.1) is 24.0 Å². The van der Waals surface area contributed by atoms with E-state index in [0.717, 1.165) is 24.3 Å². The molecule has 3 rings (SSSR count). The first-order chi connectivity index (χ1) is 11.1. The zero-order valence-corrected chi connectivity index (χ0v) is 16.4. The minimum atomic E-state index is 0. The van der Waals surface area contributed by atoms with Crippen LogP contribution in [0.2, 0.25) is 0 Å². The summed E-state index contributed by atoms with van der Waals surface area (Å²) in [6, 6.07) is 16.3. The van der Waals surface area contributed by atoms with Crippen LogP contribution in [0.15, 0.2) is 53.5 Å². The van der Waals surface area contributed by atoms with Gasteiger partial charge in [-0.2, -0.15) is 0 Å². The first-order valence-electron chi connectivity index (χ1n) is 7.86. The van der Waals surface area contributed by atoms with Gasteiger partial charge in [-0.25, -0.2) is 0 Å². The monoisotopic (exact) mass is 437 g/mol. The van der Waals surface area contributed by atoms with Gasteiger partial charge >= 0.3 is 0 Å². The molecule has 0 amide bonds. The molecule has 5 heteroatoms. The summed E-state index contributed by atoms with van der Waals surface area (Å²) in [5, 5.41) is 3.13. The molecule has 0 radical (unpaired) electrons. The predicted octanol–water partition coefficient (Wildman–Crippen LogP) is 3.84. The quantitative estimate of drug-likeness (QED) is 0.434. The second kappa shape index (κ2) is 7.88. The summed E-state index contributed by atoms with van der Waals surface area (Å²) < 4.78 is 5.31. The maximum Gasteiger partial charge on any atom is 0.193 e. The molecule has 0 saturated heterocycles. The van der Waals surface area contributed by atoms with Crippen molar-refractivity contribution >= 4 is 35.6 Å². The topological polar surface area (TPSA) is 59.6 Å². The molecule has 128 valence electrons. The zero-order chi connectivity index (χ0) is 16.3. The van der Waals surface area contributed by atoms with Crippen molar-refractivity contribution in [3.8, 4) is 5.75 Å². The van der Waals surface area contributed by atoms with E-state index in [9.17, 15) is 0 Å². The Morgan fingerprint density at radius 3 is 2.33 bits per heavy atom. The molecule has 0 unspecified atom stereocenters. The number of nitrogens with zero attached hydrogens (tertiary/aromatic N) is 1. The molecular weight excluding hydrogens is 413 g/mol. The van der Waals surface area contributed by atoms with Crippen LogP contribution in [0.1, 0.15) is 18.1 Å². The smallest absolute Gasteiger partial charge is 0.193 e. The Balaban J connectivity index is 0.00000208. The summed E-state index contributed by atoms with van der Waals surface area (Å²) in [7, 11) is 1.64. The van der Waals surface area contributed by atoms with E-state index in [1.54, 1.807) is 7.11 Å². The van der Waals surface area contributed by atoms with Crippen LogP contribution in [-0.4, -0.2) is 19.6 Å². The second-order valence-electron chi connectivity index (χ2n) is 6.46. The van der Waals surface area contributed by atoms with Gasteiger partial charge in [0, 0.05) is 6.54 Å². The summed E-state index contributed by atoms with van der Waals surface area (Å²) in [5.74, 6) is 1.18. The number of hydrogen-bond donors (Lipinski definition) is 2. The second-order valence-corrected chi connectivity index (χ2v) is 6.46. The van der Waals surface area contributed by atoms with Crippen molar-refractivity contribution in [3.05, 3.63) is 59.7 Å². The number of fused-ring (bicyclic) bond motifs is 1. The number of benzene rings is 2. The lowest BCUT2D eigenvalue weighted by atomic mass is 9.87. The third kappa shape index (κ3) is 4.20. The number of nitrogens with one attached hydrogen (secondary N) is 1. The number of guanidine groups is 1. The van der Waals surface area contributed by atoms with Crippen molar-refractivity contribution in [2.75, 3.05) is 19.0 Å². The number of methoxy groups -OCH3 is 1. The van der Waals surface area contributed by atoms with E-state index in [0.29, 0.717) is 12.5 Å². The lowest BCUT2D eigenvalue weighted by Crippen LogP contribution is -2.27. The number of nitrogens with two attached hydrogens (primary N) is 1. The highest BCUT2D eigenvalue weighted by atomic mass is 127. The fourth-order valence-electron chi connectivity index (χ4n) is 3.20. The Labute approximate surface area is 160 Å². The minimum Gasteiger partial charge on any atom is -0.495 e. The number of ether oxygens (including phenoxy) is 1. The van der Waals surface area contributed by atoms with Crippen LogP contribution in [0, 0.1) is 5.41 Å². The minimum absolute atomic E-state index is 0. The maximum absolute atomic E-state index is 6.05. The molecule has 0 atom stereocenters. The van der Waals surface area contributed by atoms with Crippen molar-refractivity contribution in [1.82, 2.24) is 0 Å². The first kappa shape index (κ1) is 18.6. The molecular formula is C19H24IN3O. The number of anilines is 1. The predicted molar refractivity (Wildman–Crippen MR) is 110 cm³/mol. The molecule has 0 saturated carbocycles. The Hall–Kier alpha value is -1.76. The average molecular weight is 437 g/mol. The summed E-state index contributed by atoms with van der Waals surface area (Å²) in [5.41, 5.74) is 9.88. The molecule has 1 aliphatic carbocycles. The number of hydrogen-bond acceptors (Lipinski definition) is 2. The van der Waals surface area contributed by atoms with Crippen molar-refractivity contribution < 1.29 is 4.74 Å². The molecule has 2 aromatic rings. The average Bonchev–Trinajstić information content (AvgIpc) is 2.90. The van der Waals surface area contributed by atoms with Crippen LogP contribution in [0.3, 0.4) is 0 Å². The highest BCUT2D eigenvalue weighted by molar-refractivity contribution is 14.0. The van der Waals surface area contributed by atoms with Crippen LogP contribution in [0.25, 0.3) is 0 Å². The molecule has 0 aromatic heterocycles. The van der Waals surface area contributed by atoms with Gasteiger partial charge in [0.2, 0.25) is 0 Å². The summed E-state index contributed by atoms with van der Waals surface area (Å²) in [6.45, 7) is 2.97. The van der Waals surface area contributed by atoms with Gasteiger partial charge in [-0.05, 0) is 41.5 Å². The number of rotatable bonds is 4. The number of para-hydroxylation sites is 2. The SMILES string of the molecule is COc1ccccc1NC(N)=NCC1(C)Cc2ccccc2C1.I. The van der Waals surface area contributed by atoms with E-state index in [1.165, 1.54) is 11.1 Å². The molecule has 1 aliphatic rings. The van der Waals surface area contributed by atoms with Gasteiger partial charge in [0.1, 0.15) is 5.75 Å². The standard InChI is InChI=1S/C19H23N3O.HI/c1-19(11-14-7-3-4-8-15(14)12-19)13-21-18(20)22-16-9-5-6-10-17(16)23-2;/h3-10H,11-13H2,1-2H3,(H3,20,21,22);1H. The van der Waals surface area contributed by atoms with Crippen molar-refractivity contribution in [2.24, 2.45) is 16.1 Å². The molecule has 0 heterocycles. The summed E-state index contributed by atoms with van der Waals surface area (Å²) in [4.78, 5) is 4.56. The van der Waals surface area contributed by atoms with E-state index >= 15 is 0 Å². The third-order valence-corrected chi connectivity index (χ3v) is 4.35. The Morgan fingerprint density at radius 1 is 1.12 bits per heavy atom. The maximum atomic E-state index is 6.05. The van der Waals surface area contributed by atoms with E-state index in [4.69, 9.17) is 10.5 Å². The van der Waals surface area contributed by atoms with Gasteiger partial charge in [0.15, 0.2) is 5.96 Å². The molecule has 0 bridgehead atoms. The van der Waals surface area contributed by atoms with E-state index in [1.807, 2.05) is 24.3 Å². The molecule has 2 aromatic carbocycles. The van der Waals surface area contributed by atoms with E-state index in [-0.39, 0.29) is 29.4 Å². The molecule has 3 N–H and O–H groups in total. The van der Waals surface area contributed by atoms with Gasteiger partial charge in [-0.3, -0.25) is 4.99 Å². The number of aliphatic imine (C=N–C) groups is 1. The number of halogens is 1. The largest absolute Gasteiger partial charge is 0.495 e. The van der Waals surface area contributed by atoms with Crippen LogP contribution in [0.4, 0.5) is 5.69 Å². The highest BCUT2D eigenvalue weighted by Crippen LogP contribution is 2.36. The van der Waals surface area contributed by atoms with Crippen LogP contribution in [-0.2, 0) is 12.8 Å². The third-order valence-electron chi connectivity index (χ3n) is 4.35. The fraction of sp³-hybridized carbons (Fsp3) is 0.316. The van der Waals surface area contributed by atoms with Crippen LogP contribution in [0.5, 0.6) is 5.75 Å². The lowest BCUT2D eigenvalue weighted by molar-refractivity contribution is 0.360. The highest BCUT2D eigenvalue weighted by Gasteiger charge is 2.32. The van der Waals surface area contributed by atoms with Gasteiger partial charge in [0.05, 0.1) is 12.8 Å². The Kier molecular flexibility index (Phi) is 6.10.